The van der Waals surface area contributed by atoms with Gasteiger partial charge in [-0.05, 0) is 54.3 Å². The molecule has 0 aliphatic heterocycles. The average Bonchev–Trinajstić information content (AvgIpc) is 2.73. The van der Waals surface area contributed by atoms with E-state index in [1.165, 1.54) is 0 Å². The van der Waals surface area contributed by atoms with Gasteiger partial charge in [-0.3, -0.25) is 4.79 Å². The molecule has 0 unspecified atom stereocenters. The molecule has 0 aliphatic carbocycles. The van der Waals surface area contributed by atoms with Crippen LogP contribution in [-0.2, 0) is 11.3 Å². The zero-order valence-corrected chi connectivity index (χ0v) is 17.7. The van der Waals surface area contributed by atoms with Crippen LogP contribution in [0.15, 0.2) is 42.5 Å². The van der Waals surface area contributed by atoms with E-state index in [4.69, 9.17) is 18.9 Å². The van der Waals surface area contributed by atoms with Gasteiger partial charge in [-0.1, -0.05) is 19.9 Å². The summed E-state index contributed by atoms with van der Waals surface area (Å²) in [6.45, 7) is 6.36. The Hall–Kier alpha value is -2.73. The number of ether oxygens (including phenoxy) is 4. The molecule has 0 heterocycles. The summed E-state index contributed by atoms with van der Waals surface area (Å²) in [5.41, 5.74) is 1.51. The first-order chi connectivity index (χ1) is 14.0. The number of methoxy groups -OCH3 is 2. The first-order valence-electron chi connectivity index (χ1n) is 9.83. The fourth-order valence-corrected chi connectivity index (χ4v) is 2.58. The van der Waals surface area contributed by atoms with Gasteiger partial charge >= 0.3 is 0 Å². The van der Waals surface area contributed by atoms with Crippen LogP contribution in [0, 0.1) is 5.92 Å². The number of rotatable bonds is 12. The van der Waals surface area contributed by atoms with Crippen LogP contribution in [-0.4, -0.2) is 39.9 Å². The van der Waals surface area contributed by atoms with Crippen molar-refractivity contribution in [3.63, 3.8) is 0 Å². The molecule has 6 nitrogen and oxygen atoms in total. The van der Waals surface area contributed by atoms with Crippen LogP contribution in [0.5, 0.6) is 17.2 Å². The highest BCUT2D eigenvalue weighted by atomic mass is 16.5. The van der Waals surface area contributed by atoms with Gasteiger partial charge in [0.1, 0.15) is 12.4 Å². The summed E-state index contributed by atoms with van der Waals surface area (Å²) in [5, 5.41) is 2.92. The third-order valence-electron chi connectivity index (χ3n) is 4.31. The fourth-order valence-electron chi connectivity index (χ4n) is 2.58. The summed E-state index contributed by atoms with van der Waals surface area (Å²) in [6.07, 6.45) is 0.983. The summed E-state index contributed by atoms with van der Waals surface area (Å²) < 4.78 is 21.7. The molecule has 0 saturated carbocycles. The lowest BCUT2D eigenvalue weighted by atomic mass is 10.1. The van der Waals surface area contributed by atoms with E-state index in [0.29, 0.717) is 55.1 Å². The minimum Gasteiger partial charge on any atom is -0.493 e. The maximum atomic E-state index is 12.4. The van der Waals surface area contributed by atoms with Gasteiger partial charge in [0.2, 0.25) is 0 Å². The molecule has 0 atom stereocenters. The highest BCUT2D eigenvalue weighted by Gasteiger charge is 2.09. The third-order valence-corrected chi connectivity index (χ3v) is 4.31. The van der Waals surface area contributed by atoms with Crippen molar-refractivity contribution in [2.24, 2.45) is 5.92 Å². The van der Waals surface area contributed by atoms with Crippen LogP contribution in [0.1, 0.15) is 36.2 Å². The molecule has 0 fully saturated rings. The van der Waals surface area contributed by atoms with Crippen LogP contribution in [0.25, 0.3) is 0 Å². The number of amides is 1. The molecular formula is C23H31NO5. The summed E-state index contributed by atoms with van der Waals surface area (Å²) >= 11 is 0. The quantitative estimate of drug-likeness (QED) is 0.543. The predicted octanol–water partition coefficient (Wildman–Crippen LogP) is 4.08. The standard InChI is InChI=1S/C23H31NO5/c1-17(2)11-12-29-21-10-5-18(15-22(21)27-4)16-24-23(25)19-6-8-20(9-7-19)28-14-13-26-3/h5-10,15,17H,11-14,16H2,1-4H3,(H,24,25). The zero-order chi connectivity index (χ0) is 21.1. The smallest absolute Gasteiger partial charge is 0.251 e. The Labute approximate surface area is 173 Å². The number of carbonyl (C=O) groups excluding carboxylic acids is 1. The van der Waals surface area contributed by atoms with Crippen molar-refractivity contribution in [3.05, 3.63) is 53.6 Å². The second-order valence-electron chi connectivity index (χ2n) is 7.06. The molecule has 0 bridgehead atoms. The maximum Gasteiger partial charge on any atom is 0.251 e. The van der Waals surface area contributed by atoms with E-state index in [2.05, 4.69) is 19.2 Å². The molecular weight excluding hydrogens is 370 g/mol. The van der Waals surface area contributed by atoms with Crippen molar-refractivity contribution >= 4 is 5.91 Å². The van der Waals surface area contributed by atoms with Crippen LogP contribution in [0.2, 0.25) is 0 Å². The van der Waals surface area contributed by atoms with Gasteiger partial charge in [0.05, 0.1) is 20.3 Å². The second-order valence-corrected chi connectivity index (χ2v) is 7.06. The van der Waals surface area contributed by atoms with E-state index in [9.17, 15) is 4.79 Å². The van der Waals surface area contributed by atoms with Gasteiger partial charge in [-0.25, -0.2) is 0 Å². The maximum absolute atomic E-state index is 12.4. The average molecular weight is 402 g/mol. The predicted molar refractivity (Wildman–Crippen MR) is 113 cm³/mol. The lowest BCUT2D eigenvalue weighted by Gasteiger charge is -2.13. The van der Waals surface area contributed by atoms with Gasteiger partial charge in [0.15, 0.2) is 11.5 Å². The third kappa shape index (κ3) is 7.66. The minimum absolute atomic E-state index is 0.148. The van der Waals surface area contributed by atoms with Gasteiger partial charge in [0, 0.05) is 19.2 Å². The first-order valence-corrected chi connectivity index (χ1v) is 9.83. The van der Waals surface area contributed by atoms with Crippen molar-refractivity contribution in [1.29, 1.82) is 0 Å². The Bertz CT molecular complexity index is 758. The molecule has 158 valence electrons. The molecule has 1 N–H and O–H groups in total. The Kier molecular flexibility index (Phi) is 9.31. The topological polar surface area (TPSA) is 66.0 Å². The molecule has 0 radical (unpaired) electrons. The molecule has 0 spiro atoms. The molecule has 2 aromatic rings. The molecule has 29 heavy (non-hydrogen) atoms. The fraction of sp³-hybridized carbons (Fsp3) is 0.435. The normalized spacial score (nSPS) is 10.7. The van der Waals surface area contributed by atoms with Crippen molar-refractivity contribution in [3.8, 4) is 17.2 Å². The highest BCUT2D eigenvalue weighted by molar-refractivity contribution is 5.94. The van der Waals surface area contributed by atoms with Crippen molar-refractivity contribution in [2.75, 3.05) is 34.0 Å². The monoisotopic (exact) mass is 401 g/mol. The molecule has 0 saturated heterocycles. The van der Waals surface area contributed by atoms with Crippen LogP contribution < -0.4 is 19.5 Å². The molecule has 2 aromatic carbocycles. The number of carbonyl (C=O) groups is 1. The van der Waals surface area contributed by atoms with E-state index in [1.54, 1.807) is 38.5 Å². The molecule has 6 heteroatoms. The number of benzene rings is 2. The van der Waals surface area contributed by atoms with Crippen molar-refractivity contribution < 1.29 is 23.7 Å². The van der Waals surface area contributed by atoms with Crippen LogP contribution >= 0.6 is 0 Å². The largest absolute Gasteiger partial charge is 0.493 e. The Morgan fingerprint density at radius 1 is 0.931 bits per heavy atom. The van der Waals surface area contributed by atoms with E-state index in [0.717, 1.165) is 12.0 Å². The zero-order valence-electron chi connectivity index (χ0n) is 17.7. The summed E-state index contributed by atoms with van der Waals surface area (Å²) in [5.74, 6) is 2.52. The minimum atomic E-state index is -0.148. The van der Waals surface area contributed by atoms with Gasteiger partial charge in [-0.15, -0.1) is 0 Å². The van der Waals surface area contributed by atoms with Crippen molar-refractivity contribution in [1.82, 2.24) is 5.32 Å². The van der Waals surface area contributed by atoms with Crippen LogP contribution in [0.3, 0.4) is 0 Å². The highest BCUT2D eigenvalue weighted by Crippen LogP contribution is 2.28. The Morgan fingerprint density at radius 2 is 1.69 bits per heavy atom. The summed E-state index contributed by atoms with van der Waals surface area (Å²) in [6, 6.07) is 12.7. The summed E-state index contributed by atoms with van der Waals surface area (Å²) in [7, 11) is 3.24. The van der Waals surface area contributed by atoms with E-state index < -0.39 is 0 Å². The van der Waals surface area contributed by atoms with Gasteiger partial charge in [-0.2, -0.15) is 0 Å². The molecule has 1 amide bonds. The van der Waals surface area contributed by atoms with Gasteiger partial charge in [0.25, 0.3) is 5.91 Å². The first kappa shape index (κ1) is 22.6. The molecule has 0 aliphatic rings. The molecule has 2 rings (SSSR count). The Morgan fingerprint density at radius 3 is 2.34 bits per heavy atom. The lowest BCUT2D eigenvalue weighted by molar-refractivity contribution is 0.0950. The van der Waals surface area contributed by atoms with Crippen molar-refractivity contribution in [2.45, 2.75) is 26.8 Å². The SMILES string of the molecule is COCCOc1ccc(C(=O)NCc2ccc(OCCC(C)C)c(OC)c2)cc1. The van der Waals surface area contributed by atoms with Crippen LogP contribution in [0.4, 0.5) is 0 Å². The second kappa shape index (κ2) is 12.0. The lowest BCUT2D eigenvalue weighted by Crippen LogP contribution is -2.22. The molecule has 0 aromatic heterocycles. The number of hydrogen-bond acceptors (Lipinski definition) is 5. The summed E-state index contributed by atoms with van der Waals surface area (Å²) in [4.78, 5) is 12.4. The Balaban J connectivity index is 1.89. The van der Waals surface area contributed by atoms with E-state index >= 15 is 0 Å². The number of nitrogens with one attached hydrogen (secondary N) is 1. The van der Waals surface area contributed by atoms with Gasteiger partial charge < -0.3 is 24.3 Å². The number of hydrogen-bond donors (Lipinski definition) is 1. The van der Waals surface area contributed by atoms with E-state index in [1.807, 2.05) is 18.2 Å². The van der Waals surface area contributed by atoms with E-state index in [-0.39, 0.29) is 5.91 Å².